The minimum atomic E-state index is -4.77. The van der Waals surface area contributed by atoms with E-state index in [1.54, 1.807) is 18.2 Å². The average Bonchev–Trinajstić information content (AvgIpc) is 3.07. The smallest absolute Gasteiger partial charge is 0.411 e. The number of aliphatic carboxylic acids is 1. The number of benzene rings is 2. The zero-order valence-electron chi connectivity index (χ0n) is 25.5. The number of carboxylic acids is 1. The summed E-state index contributed by atoms with van der Waals surface area (Å²) in [5.74, 6) is -5.98. The lowest BCUT2D eigenvalue weighted by atomic mass is 9.98. The number of nitrogens with zero attached hydrogens (tertiary/aromatic N) is 5. The van der Waals surface area contributed by atoms with Crippen LogP contribution >= 0.6 is 0 Å². The third kappa shape index (κ3) is 6.17. The third-order valence-electron chi connectivity index (χ3n) is 8.43. The number of hydrogen-bond donors (Lipinski definition) is 3. The molecule has 4 aromatic rings. The Balaban J connectivity index is 1.28. The van der Waals surface area contributed by atoms with Gasteiger partial charge in [-0.1, -0.05) is 12.1 Å². The van der Waals surface area contributed by atoms with Gasteiger partial charge in [0, 0.05) is 49.0 Å². The van der Waals surface area contributed by atoms with Gasteiger partial charge in [-0.3, -0.25) is 24.6 Å². The van der Waals surface area contributed by atoms with Gasteiger partial charge in [0.15, 0.2) is 6.23 Å². The summed E-state index contributed by atoms with van der Waals surface area (Å²) in [6.07, 6.45) is -2.26. The number of halogens is 5. The lowest BCUT2D eigenvalue weighted by molar-refractivity contribution is -0.167. The molecule has 1 fully saturated rings. The number of carbonyl (C=O) groups excluding carboxylic acids is 2. The van der Waals surface area contributed by atoms with Crippen molar-refractivity contribution in [1.82, 2.24) is 15.3 Å². The van der Waals surface area contributed by atoms with Gasteiger partial charge in [0.1, 0.15) is 29.3 Å². The zero-order chi connectivity index (χ0) is 35.2. The summed E-state index contributed by atoms with van der Waals surface area (Å²) in [5.41, 5.74) is -0.115. The molecule has 2 aliphatic rings. The number of fused-ring (bicyclic) bond motifs is 2. The summed E-state index contributed by atoms with van der Waals surface area (Å²) in [4.78, 5) is 50.2. The number of rotatable bonds is 7. The average molecular weight is 687 g/mol. The second-order valence-electron chi connectivity index (χ2n) is 11.3. The van der Waals surface area contributed by atoms with Crippen molar-refractivity contribution in [2.45, 2.75) is 30.9 Å². The van der Waals surface area contributed by atoms with Crippen LogP contribution in [0.3, 0.4) is 0 Å². The lowest BCUT2D eigenvalue weighted by Crippen LogP contribution is -2.53. The monoisotopic (exact) mass is 686 g/mol. The van der Waals surface area contributed by atoms with Gasteiger partial charge in [0.05, 0.1) is 36.3 Å². The Kier molecular flexibility index (Phi) is 8.81. The van der Waals surface area contributed by atoms with Crippen molar-refractivity contribution in [2.75, 3.05) is 41.5 Å². The third-order valence-corrected chi connectivity index (χ3v) is 8.43. The van der Waals surface area contributed by atoms with Gasteiger partial charge in [-0.05, 0) is 35.9 Å². The van der Waals surface area contributed by atoms with E-state index in [4.69, 9.17) is 4.74 Å². The fourth-order valence-corrected chi connectivity index (χ4v) is 6.00. The normalized spacial score (nSPS) is 18.8. The number of ether oxygens (including phenoxy) is 1. The number of morpholine rings is 1. The maximum atomic E-state index is 15.2. The molecular weight excluding hydrogens is 659 g/mol. The van der Waals surface area contributed by atoms with E-state index >= 15 is 8.78 Å². The first kappa shape index (κ1) is 33.5. The van der Waals surface area contributed by atoms with Gasteiger partial charge < -0.3 is 25.2 Å². The molecule has 0 aliphatic carbocycles. The Morgan fingerprint density at radius 3 is 2.53 bits per heavy atom. The number of carboxylic acid groups (broad SMARTS) is 1. The number of hydrogen-bond acceptors (Lipinski definition) is 8. The SMILES string of the molecule is CN1C(=O)N(c2ccc(C[C@H](NC(=O)c3c(F)cc(N4CCOC[C@@H]4C(F)(F)F)cc3F)C(=O)O)c3cccnc23)C(O)c2ccncc21. The number of carbonyl (C=O) groups is 3. The molecule has 2 aromatic heterocycles. The van der Waals surface area contributed by atoms with Crippen LogP contribution in [0.1, 0.15) is 27.7 Å². The minimum absolute atomic E-state index is 0.124. The van der Waals surface area contributed by atoms with E-state index in [0.717, 1.165) is 9.80 Å². The van der Waals surface area contributed by atoms with Crippen LogP contribution in [0, 0.1) is 11.6 Å². The molecule has 2 aliphatic heterocycles. The summed E-state index contributed by atoms with van der Waals surface area (Å²) < 4.78 is 75.8. The number of urea groups is 1. The number of aromatic nitrogens is 2. The van der Waals surface area contributed by atoms with E-state index in [-0.39, 0.29) is 24.4 Å². The molecular formula is C32H27F5N6O6. The number of aliphatic hydroxyl groups excluding tert-OH is 1. The van der Waals surface area contributed by atoms with Crippen LogP contribution in [0.15, 0.2) is 61.1 Å². The highest BCUT2D eigenvalue weighted by Crippen LogP contribution is 2.40. The Labute approximate surface area is 274 Å². The first-order chi connectivity index (χ1) is 23.3. The number of aliphatic hydroxyl groups is 1. The summed E-state index contributed by atoms with van der Waals surface area (Å²) >= 11 is 0. The number of amides is 3. The predicted octanol–water partition coefficient (Wildman–Crippen LogP) is 4.17. The number of alkyl halides is 3. The van der Waals surface area contributed by atoms with Crippen LogP contribution < -0.4 is 20.0 Å². The van der Waals surface area contributed by atoms with E-state index in [9.17, 15) is 37.8 Å². The van der Waals surface area contributed by atoms with E-state index in [2.05, 4.69) is 15.3 Å². The quantitative estimate of drug-likeness (QED) is 0.244. The molecule has 0 radical (unpaired) electrons. The Bertz CT molecular complexity index is 1940. The Morgan fingerprint density at radius 1 is 1.10 bits per heavy atom. The van der Waals surface area contributed by atoms with E-state index in [0.29, 0.717) is 34.3 Å². The summed E-state index contributed by atoms with van der Waals surface area (Å²) in [7, 11) is 1.51. The first-order valence-corrected chi connectivity index (χ1v) is 14.8. The van der Waals surface area contributed by atoms with Crippen molar-refractivity contribution < 1.29 is 51.3 Å². The molecule has 0 bridgehead atoms. The van der Waals surface area contributed by atoms with Crippen molar-refractivity contribution in [3.63, 3.8) is 0 Å². The summed E-state index contributed by atoms with van der Waals surface area (Å²) in [6, 6.07) is 4.28. The fourth-order valence-electron chi connectivity index (χ4n) is 6.00. The van der Waals surface area contributed by atoms with Gasteiger partial charge in [-0.2, -0.15) is 13.2 Å². The lowest BCUT2D eigenvalue weighted by Gasteiger charge is -2.38. The highest BCUT2D eigenvalue weighted by atomic mass is 19.4. The fraction of sp³-hybridized carbons (Fsp3) is 0.281. The first-order valence-electron chi connectivity index (χ1n) is 14.8. The van der Waals surface area contributed by atoms with Gasteiger partial charge >= 0.3 is 18.2 Å². The second-order valence-corrected chi connectivity index (χ2v) is 11.3. The maximum Gasteiger partial charge on any atom is 0.411 e. The van der Waals surface area contributed by atoms with E-state index < -0.39 is 78.3 Å². The van der Waals surface area contributed by atoms with Crippen LogP contribution in [-0.4, -0.2) is 83.2 Å². The zero-order valence-corrected chi connectivity index (χ0v) is 25.5. The van der Waals surface area contributed by atoms with Gasteiger partial charge in [-0.25, -0.2) is 18.4 Å². The van der Waals surface area contributed by atoms with Crippen LogP contribution in [0.2, 0.25) is 0 Å². The van der Waals surface area contributed by atoms with Crippen LogP contribution in [0.4, 0.5) is 43.8 Å². The molecule has 0 saturated carbocycles. The highest BCUT2D eigenvalue weighted by Gasteiger charge is 2.46. The molecule has 0 spiro atoms. The van der Waals surface area contributed by atoms with Gasteiger partial charge in [-0.15, -0.1) is 0 Å². The van der Waals surface area contributed by atoms with Crippen molar-refractivity contribution >= 4 is 45.9 Å². The topological polar surface area (TPSA) is 148 Å². The van der Waals surface area contributed by atoms with Crippen molar-refractivity contribution in [2.24, 2.45) is 0 Å². The largest absolute Gasteiger partial charge is 0.480 e. The van der Waals surface area contributed by atoms with Gasteiger partial charge in [0.25, 0.3) is 5.91 Å². The maximum absolute atomic E-state index is 15.2. The molecule has 49 heavy (non-hydrogen) atoms. The molecule has 4 heterocycles. The molecule has 2 aromatic carbocycles. The number of anilines is 3. The molecule has 1 unspecified atom stereocenters. The van der Waals surface area contributed by atoms with Crippen LogP contribution in [0.5, 0.6) is 0 Å². The Morgan fingerprint density at radius 2 is 1.84 bits per heavy atom. The molecule has 6 rings (SSSR count). The van der Waals surface area contributed by atoms with Gasteiger partial charge in [0.2, 0.25) is 0 Å². The molecule has 256 valence electrons. The number of nitrogens with one attached hydrogen (secondary N) is 1. The molecule has 12 nitrogen and oxygen atoms in total. The van der Waals surface area contributed by atoms with Crippen molar-refractivity contribution in [1.29, 1.82) is 0 Å². The molecule has 3 atom stereocenters. The second kappa shape index (κ2) is 12.9. The summed E-state index contributed by atoms with van der Waals surface area (Å²) in [5, 5.41) is 23.6. The van der Waals surface area contributed by atoms with E-state index in [1.165, 1.54) is 42.7 Å². The van der Waals surface area contributed by atoms with Crippen molar-refractivity contribution in [3.05, 3.63) is 89.4 Å². The molecule has 1 saturated heterocycles. The highest BCUT2D eigenvalue weighted by molar-refractivity contribution is 6.10. The van der Waals surface area contributed by atoms with E-state index in [1.807, 2.05) is 0 Å². The Hall–Kier alpha value is -5.42. The van der Waals surface area contributed by atoms with Crippen molar-refractivity contribution in [3.8, 4) is 0 Å². The number of pyridine rings is 2. The predicted molar refractivity (Wildman–Crippen MR) is 164 cm³/mol. The standard InChI is InChI=1S/C32H27F5N6O6/c1-41-24-14-38-8-6-19(24)29(45)43(31(41)48)23-5-4-16(18-3-2-7-39-27(18)23)11-22(30(46)47)40-28(44)26-20(33)12-17(13-21(26)34)42-9-10-49-15-25(42)32(35,36)37/h2-8,12-14,22,25,29,45H,9-11,15H2,1H3,(H,40,44)(H,46,47)/t22-,25+,29?/m0/s1. The van der Waals surface area contributed by atoms with Crippen LogP contribution in [0.25, 0.3) is 10.9 Å². The van der Waals surface area contributed by atoms with Crippen LogP contribution in [-0.2, 0) is 16.0 Å². The minimum Gasteiger partial charge on any atom is -0.480 e. The summed E-state index contributed by atoms with van der Waals surface area (Å²) in [6.45, 7) is -1.19. The molecule has 3 amide bonds. The molecule has 3 N–H and O–H groups in total. The molecule has 17 heteroatoms.